The zero-order valence-corrected chi connectivity index (χ0v) is 19.7. The Morgan fingerprint density at radius 1 is 0.912 bits per heavy atom. The van der Waals surface area contributed by atoms with E-state index < -0.39 is 16.7 Å². The largest absolute Gasteiger partial charge is 0.321 e. The van der Waals surface area contributed by atoms with Gasteiger partial charge in [-0.1, -0.05) is 44.5 Å². The molecule has 0 atom stereocenters. The third-order valence-electron chi connectivity index (χ3n) is 5.02. The average molecular weight is 478 g/mol. The zero-order valence-electron chi connectivity index (χ0n) is 19.0. The van der Waals surface area contributed by atoms with E-state index >= 15 is 0 Å². The van der Waals surface area contributed by atoms with Crippen molar-refractivity contribution >= 4 is 40.9 Å². The number of anilines is 1. The van der Waals surface area contributed by atoms with Crippen LogP contribution in [0.25, 0.3) is 6.08 Å². The molecule has 0 heterocycles. The second-order valence-electron chi connectivity index (χ2n) is 8.65. The Kier molecular flexibility index (Phi) is 7.48. The van der Waals surface area contributed by atoms with Crippen LogP contribution in [-0.2, 0) is 10.2 Å². The van der Waals surface area contributed by atoms with E-state index in [0.29, 0.717) is 21.8 Å². The molecule has 8 heteroatoms. The molecule has 0 bridgehead atoms. The summed E-state index contributed by atoms with van der Waals surface area (Å²) in [6.07, 6.45) is 1.45. The number of halogens is 1. The van der Waals surface area contributed by atoms with Crippen molar-refractivity contribution in [3.63, 3.8) is 0 Å². The zero-order chi connectivity index (χ0) is 24.9. The van der Waals surface area contributed by atoms with Crippen molar-refractivity contribution < 1.29 is 14.5 Å². The van der Waals surface area contributed by atoms with E-state index in [4.69, 9.17) is 11.6 Å². The van der Waals surface area contributed by atoms with Crippen LogP contribution in [0.1, 0.15) is 42.3 Å². The van der Waals surface area contributed by atoms with Crippen LogP contribution < -0.4 is 10.6 Å². The molecule has 3 aromatic rings. The van der Waals surface area contributed by atoms with Crippen LogP contribution in [0.5, 0.6) is 0 Å². The van der Waals surface area contributed by atoms with Gasteiger partial charge in [0.2, 0.25) is 0 Å². The van der Waals surface area contributed by atoms with E-state index in [9.17, 15) is 19.7 Å². The lowest BCUT2D eigenvalue weighted by atomic mass is 9.87. The van der Waals surface area contributed by atoms with Gasteiger partial charge in [0.25, 0.3) is 17.5 Å². The van der Waals surface area contributed by atoms with Gasteiger partial charge in [0.05, 0.1) is 4.92 Å². The lowest BCUT2D eigenvalue weighted by Gasteiger charge is -2.19. The second kappa shape index (κ2) is 10.3. The van der Waals surface area contributed by atoms with Gasteiger partial charge in [0.1, 0.15) is 5.70 Å². The molecule has 2 amide bonds. The highest BCUT2D eigenvalue weighted by molar-refractivity contribution is 6.30. The summed E-state index contributed by atoms with van der Waals surface area (Å²) in [5.74, 6) is -1.01. The second-order valence-corrected chi connectivity index (χ2v) is 9.09. The summed E-state index contributed by atoms with van der Waals surface area (Å²) in [5.41, 5.74) is 2.31. The number of amides is 2. The molecule has 0 spiro atoms. The molecule has 7 nitrogen and oxygen atoms in total. The van der Waals surface area contributed by atoms with E-state index in [1.54, 1.807) is 36.4 Å². The third-order valence-corrected chi connectivity index (χ3v) is 5.27. The van der Waals surface area contributed by atoms with Crippen molar-refractivity contribution in [1.29, 1.82) is 0 Å². The molecule has 174 valence electrons. The summed E-state index contributed by atoms with van der Waals surface area (Å²) in [5, 5.41) is 16.8. The number of carbonyl (C=O) groups is 2. The van der Waals surface area contributed by atoms with Crippen LogP contribution in [0.15, 0.2) is 78.5 Å². The van der Waals surface area contributed by atoms with Gasteiger partial charge in [-0.15, -0.1) is 0 Å². The Hall–Kier alpha value is -3.97. The maximum absolute atomic E-state index is 13.0. The molecular weight excluding hydrogens is 454 g/mol. The SMILES string of the molecule is CC(C)(C)c1ccc(C(=O)NC(=Cc2ccc([N+](=O)[O-])cc2)C(=O)Nc2ccc(Cl)cc2)cc1. The molecule has 3 rings (SSSR count). The smallest absolute Gasteiger partial charge is 0.272 e. The number of nitrogens with one attached hydrogen (secondary N) is 2. The number of benzene rings is 3. The van der Waals surface area contributed by atoms with E-state index in [2.05, 4.69) is 31.4 Å². The predicted octanol–water partition coefficient (Wildman–Crippen LogP) is 5.96. The lowest BCUT2D eigenvalue weighted by molar-refractivity contribution is -0.384. The molecule has 0 radical (unpaired) electrons. The van der Waals surface area contributed by atoms with Gasteiger partial charge in [-0.25, -0.2) is 0 Å². The number of hydrogen-bond acceptors (Lipinski definition) is 4. The highest BCUT2D eigenvalue weighted by atomic mass is 35.5. The third kappa shape index (κ3) is 6.52. The molecule has 3 aromatic carbocycles. The highest BCUT2D eigenvalue weighted by Gasteiger charge is 2.17. The first kappa shape index (κ1) is 24.7. The molecule has 0 aliphatic rings. The molecule has 0 saturated carbocycles. The fourth-order valence-electron chi connectivity index (χ4n) is 3.07. The monoisotopic (exact) mass is 477 g/mol. The number of hydrogen-bond donors (Lipinski definition) is 2. The number of carbonyl (C=O) groups excluding carboxylic acids is 2. The summed E-state index contributed by atoms with van der Waals surface area (Å²) in [7, 11) is 0. The van der Waals surface area contributed by atoms with Crippen LogP contribution in [0, 0.1) is 10.1 Å². The van der Waals surface area contributed by atoms with Crippen molar-refractivity contribution in [2.75, 3.05) is 5.32 Å². The minimum Gasteiger partial charge on any atom is -0.321 e. The van der Waals surface area contributed by atoms with Gasteiger partial charge in [-0.3, -0.25) is 19.7 Å². The normalized spacial score (nSPS) is 11.6. The Morgan fingerprint density at radius 2 is 1.50 bits per heavy atom. The molecule has 2 N–H and O–H groups in total. The number of non-ortho nitro benzene ring substituents is 1. The fraction of sp³-hybridized carbons (Fsp3) is 0.154. The predicted molar refractivity (Wildman–Crippen MR) is 134 cm³/mol. The van der Waals surface area contributed by atoms with Crippen molar-refractivity contribution in [1.82, 2.24) is 5.32 Å². The number of nitro benzene ring substituents is 1. The molecular formula is C26H24ClN3O4. The van der Waals surface area contributed by atoms with Crippen molar-refractivity contribution in [2.45, 2.75) is 26.2 Å². The summed E-state index contributed by atoms with van der Waals surface area (Å²) in [6, 6.07) is 19.3. The first-order valence-corrected chi connectivity index (χ1v) is 10.9. The van der Waals surface area contributed by atoms with Crippen LogP contribution in [0.3, 0.4) is 0 Å². The lowest BCUT2D eigenvalue weighted by Crippen LogP contribution is -2.30. The quantitative estimate of drug-likeness (QED) is 0.260. The number of nitrogens with zero attached hydrogens (tertiary/aromatic N) is 1. The maximum Gasteiger partial charge on any atom is 0.272 e. The Labute approximate surface area is 202 Å². The molecule has 0 fully saturated rings. The first-order valence-electron chi connectivity index (χ1n) is 10.5. The van der Waals surface area contributed by atoms with E-state index in [0.717, 1.165) is 5.56 Å². The van der Waals surface area contributed by atoms with Gasteiger partial charge in [-0.2, -0.15) is 0 Å². The summed E-state index contributed by atoms with van der Waals surface area (Å²) < 4.78 is 0. The number of nitro groups is 1. The van der Waals surface area contributed by atoms with E-state index in [1.165, 1.54) is 30.3 Å². The summed E-state index contributed by atoms with van der Waals surface area (Å²) >= 11 is 5.90. The van der Waals surface area contributed by atoms with E-state index in [-0.39, 0.29) is 16.8 Å². The van der Waals surface area contributed by atoms with Gasteiger partial charge in [-0.05, 0) is 71.1 Å². The molecule has 0 unspecified atom stereocenters. The highest BCUT2D eigenvalue weighted by Crippen LogP contribution is 2.22. The van der Waals surface area contributed by atoms with Gasteiger partial charge >= 0.3 is 0 Å². The van der Waals surface area contributed by atoms with Crippen molar-refractivity contribution in [3.05, 3.63) is 110 Å². The van der Waals surface area contributed by atoms with Crippen molar-refractivity contribution in [2.24, 2.45) is 0 Å². The molecule has 0 saturated heterocycles. The minimum atomic E-state index is -0.555. The molecule has 0 aliphatic carbocycles. The maximum atomic E-state index is 13.0. The Morgan fingerprint density at radius 3 is 2.03 bits per heavy atom. The average Bonchev–Trinajstić information content (AvgIpc) is 2.80. The Bertz CT molecular complexity index is 1230. The first-order chi connectivity index (χ1) is 16.0. The summed E-state index contributed by atoms with van der Waals surface area (Å²) in [4.78, 5) is 36.3. The van der Waals surface area contributed by atoms with Crippen LogP contribution in [0.4, 0.5) is 11.4 Å². The summed E-state index contributed by atoms with van der Waals surface area (Å²) in [6.45, 7) is 6.23. The van der Waals surface area contributed by atoms with Crippen LogP contribution >= 0.6 is 11.6 Å². The fourth-order valence-corrected chi connectivity index (χ4v) is 3.19. The minimum absolute atomic E-state index is 0.0197. The molecule has 34 heavy (non-hydrogen) atoms. The number of rotatable bonds is 6. The van der Waals surface area contributed by atoms with Gasteiger partial charge in [0, 0.05) is 28.4 Å². The van der Waals surface area contributed by atoms with Crippen molar-refractivity contribution in [3.8, 4) is 0 Å². The van der Waals surface area contributed by atoms with Gasteiger partial charge in [0.15, 0.2) is 0 Å². The molecule has 0 aromatic heterocycles. The van der Waals surface area contributed by atoms with Gasteiger partial charge < -0.3 is 10.6 Å². The molecule has 0 aliphatic heterocycles. The Balaban J connectivity index is 1.88. The standard InChI is InChI=1S/C26H24ClN3O4/c1-26(2,3)19-8-6-18(7-9-19)24(31)29-23(16-17-4-14-22(15-5-17)30(33)34)25(32)28-21-12-10-20(27)11-13-21/h4-16H,1-3H3,(H,28,32)(H,29,31). The topological polar surface area (TPSA) is 101 Å². The van der Waals surface area contributed by atoms with Crippen LogP contribution in [0.2, 0.25) is 5.02 Å². The van der Waals surface area contributed by atoms with Crippen LogP contribution in [-0.4, -0.2) is 16.7 Å². The van der Waals surface area contributed by atoms with E-state index in [1.807, 2.05) is 12.1 Å².